The van der Waals surface area contributed by atoms with Crippen molar-refractivity contribution in [3.05, 3.63) is 29.8 Å². The highest BCUT2D eigenvalue weighted by Crippen LogP contribution is 2.25. The summed E-state index contributed by atoms with van der Waals surface area (Å²) >= 11 is 0. The molecule has 22 heavy (non-hydrogen) atoms. The second-order valence-electron chi connectivity index (χ2n) is 7.24. The Bertz CT molecular complexity index is 540. The second-order valence-corrected chi connectivity index (χ2v) is 7.24. The Morgan fingerprint density at radius 3 is 2.68 bits per heavy atom. The maximum atomic E-state index is 13.3. The number of carbonyl (C=O) groups is 1. The summed E-state index contributed by atoms with van der Waals surface area (Å²) in [6.45, 7) is 8.29. The van der Waals surface area contributed by atoms with Gasteiger partial charge in [-0.05, 0) is 29.9 Å². The van der Waals surface area contributed by atoms with Crippen LogP contribution < -0.4 is 10.2 Å². The van der Waals surface area contributed by atoms with Crippen molar-refractivity contribution in [1.82, 2.24) is 5.32 Å². The van der Waals surface area contributed by atoms with Crippen molar-refractivity contribution in [2.45, 2.75) is 33.6 Å². The number of anilines is 1. The Morgan fingerprint density at radius 1 is 1.32 bits per heavy atom. The Kier molecular flexibility index (Phi) is 5.04. The van der Waals surface area contributed by atoms with E-state index in [2.05, 4.69) is 5.32 Å². The molecule has 1 aromatic rings. The van der Waals surface area contributed by atoms with Crippen LogP contribution in [0.4, 0.5) is 14.5 Å². The number of carbonyl (C=O) groups excluding carboxylic acids is 1. The summed E-state index contributed by atoms with van der Waals surface area (Å²) in [7, 11) is 0. The molecule has 3 nitrogen and oxygen atoms in total. The molecule has 1 aliphatic rings. The number of rotatable bonds is 4. The van der Waals surface area contributed by atoms with Gasteiger partial charge in [-0.25, -0.2) is 8.78 Å². The van der Waals surface area contributed by atoms with Gasteiger partial charge in [-0.3, -0.25) is 4.79 Å². The lowest BCUT2D eigenvalue weighted by molar-refractivity contribution is -0.122. The van der Waals surface area contributed by atoms with Gasteiger partial charge in [0.05, 0.1) is 0 Å². The normalized spacial score (nSPS) is 18.6. The van der Waals surface area contributed by atoms with Crippen LogP contribution in [-0.2, 0) is 4.79 Å². The predicted molar refractivity (Wildman–Crippen MR) is 83.8 cm³/mol. The molecule has 0 bridgehead atoms. The lowest BCUT2D eigenvalue weighted by Crippen LogP contribution is -2.33. The highest BCUT2D eigenvalue weighted by atomic mass is 19.2. The summed E-state index contributed by atoms with van der Waals surface area (Å²) in [5, 5.41) is 2.97. The van der Waals surface area contributed by atoms with Gasteiger partial charge in [-0.2, -0.15) is 0 Å². The van der Waals surface area contributed by atoms with Crippen LogP contribution in [0.15, 0.2) is 18.2 Å². The first-order chi connectivity index (χ1) is 10.2. The smallest absolute Gasteiger partial charge is 0.220 e. The zero-order valence-corrected chi connectivity index (χ0v) is 13.5. The molecule has 0 spiro atoms. The topological polar surface area (TPSA) is 32.3 Å². The van der Waals surface area contributed by atoms with Gasteiger partial charge >= 0.3 is 0 Å². The number of halogens is 2. The zero-order valence-electron chi connectivity index (χ0n) is 13.5. The number of hydrogen-bond acceptors (Lipinski definition) is 2. The van der Waals surface area contributed by atoms with Crippen LogP contribution in [0.5, 0.6) is 0 Å². The molecule has 0 saturated carbocycles. The van der Waals surface area contributed by atoms with E-state index < -0.39 is 11.6 Å². The summed E-state index contributed by atoms with van der Waals surface area (Å²) in [6.07, 6.45) is 1.45. The van der Waals surface area contributed by atoms with Gasteiger partial charge in [0.15, 0.2) is 11.6 Å². The van der Waals surface area contributed by atoms with E-state index in [9.17, 15) is 13.6 Å². The van der Waals surface area contributed by atoms with Gasteiger partial charge in [0.2, 0.25) is 5.91 Å². The van der Waals surface area contributed by atoms with Crippen molar-refractivity contribution < 1.29 is 13.6 Å². The number of nitrogens with zero attached hydrogens (tertiary/aromatic N) is 1. The fourth-order valence-corrected chi connectivity index (χ4v) is 2.72. The first-order valence-corrected chi connectivity index (χ1v) is 7.71. The Hall–Kier alpha value is -1.65. The van der Waals surface area contributed by atoms with Gasteiger partial charge in [0.1, 0.15) is 0 Å². The van der Waals surface area contributed by atoms with Gasteiger partial charge in [0, 0.05) is 37.8 Å². The first kappa shape index (κ1) is 16.7. The van der Waals surface area contributed by atoms with Crippen LogP contribution in [0.1, 0.15) is 33.6 Å². The van der Waals surface area contributed by atoms with Crippen molar-refractivity contribution in [2.75, 3.05) is 24.5 Å². The molecular weight excluding hydrogens is 286 g/mol. The molecule has 5 heteroatoms. The molecule has 1 aromatic carbocycles. The SMILES string of the molecule is CC(C)(C)CC(=O)NC[C@@H]1CCN(c2ccc(F)c(F)c2)C1. The minimum Gasteiger partial charge on any atom is -0.371 e. The van der Waals surface area contributed by atoms with Crippen molar-refractivity contribution in [3.63, 3.8) is 0 Å². The Balaban J connectivity index is 1.83. The van der Waals surface area contributed by atoms with Crippen molar-refractivity contribution >= 4 is 11.6 Å². The molecule has 0 unspecified atom stereocenters. The van der Waals surface area contributed by atoms with Gasteiger partial charge in [-0.15, -0.1) is 0 Å². The monoisotopic (exact) mass is 310 g/mol. The zero-order chi connectivity index (χ0) is 16.3. The largest absolute Gasteiger partial charge is 0.371 e. The van der Waals surface area contributed by atoms with Crippen LogP contribution >= 0.6 is 0 Å². The molecular formula is C17H24F2N2O. The molecule has 1 aliphatic heterocycles. The highest BCUT2D eigenvalue weighted by Gasteiger charge is 2.24. The summed E-state index contributed by atoms with van der Waals surface area (Å²) < 4.78 is 26.2. The third-order valence-corrected chi connectivity index (χ3v) is 3.83. The minimum atomic E-state index is -0.825. The van der Waals surface area contributed by atoms with Crippen LogP contribution in [0.3, 0.4) is 0 Å². The molecule has 0 radical (unpaired) electrons. The number of amides is 1. The lowest BCUT2D eigenvalue weighted by Gasteiger charge is -2.20. The van der Waals surface area contributed by atoms with Crippen molar-refractivity contribution in [3.8, 4) is 0 Å². The molecule has 0 aromatic heterocycles. The van der Waals surface area contributed by atoms with E-state index in [-0.39, 0.29) is 11.3 Å². The molecule has 1 saturated heterocycles. The van der Waals surface area contributed by atoms with Crippen molar-refractivity contribution in [2.24, 2.45) is 11.3 Å². The molecule has 1 atom stereocenters. The maximum absolute atomic E-state index is 13.3. The molecule has 1 amide bonds. The third kappa shape index (κ3) is 4.68. The van der Waals surface area contributed by atoms with E-state index in [4.69, 9.17) is 0 Å². The number of hydrogen-bond donors (Lipinski definition) is 1. The van der Waals surface area contributed by atoms with Crippen LogP contribution in [0.25, 0.3) is 0 Å². The van der Waals surface area contributed by atoms with E-state index in [0.29, 0.717) is 24.6 Å². The van der Waals surface area contributed by atoms with E-state index in [0.717, 1.165) is 25.6 Å². The second kappa shape index (κ2) is 6.63. The fourth-order valence-electron chi connectivity index (χ4n) is 2.72. The van der Waals surface area contributed by atoms with E-state index in [1.54, 1.807) is 6.07 Å². The third-order valence-electron chi connectivity index (χ3n) is 3.83. The fraction of sp³-hybridized carbons (Fsp3) is 0.588. The van der Waals surface area contributed by atoms with E-state index >= 15 is 0 Å². The summed E-state index contributed by atoms with van der Waals surface area (Å²) in [4.78, 5) is 13.9. The highest BCUT2D eigenvalue weighted by molar-refractivity contribution is 5.76. The van der Waals surface area contributed by atoms with Gasteiger partial charge in [0.25, 0.3) is 0 Å². The van der Waals surface area contributed by atoms with Crippen molar-refractivity contribution in [1.29, 1.82) is 0 Å². The maximum Gasteiger partial charge on any atom is 0.220 e. The molecule has 1 heterocycles. The van der Waals surface area contributed by atoms with Gasteiger partial charge in [-0.1, -0.05) is 20.8 Å². The number of nitrogens with one attached hydrogen (secondary N) is 1. The van der Waals surface area contributed by atoms with E-state index in [1.165, 1.54) is 6.07 Å². The van der Waals surface area contributed by atoms with Crippen LogP contribution in [0, 0.1) is 23.0 Å². The quantitative estimate of drug-likeness (QED) is 0.925. The molecule has 0 aliphatic carbocycles. The van der Waals surface area contributed by atoms with Gasteiger partial charge < -0.3 is 10.2 Å². The first-order valence-electron chi connectivity index (χ1n) is 7.71. The Labute approximate surface area is 130 Å². The molecule has 1 fully saturated rings. The average Bonchev–Trinajstić information content (AvgIpc) is 2.86. The molecule has 2 rings (SSSR count). The van der Waals surface area contributed by atoms with Crippen LogP contribution in [0.2, 0.25) is 0 Å². The van der Waals surface area contributed by atoms with Crippen LogP contribution in [-0.4, -0.2) is 25.5 Å². The summed E-state index contributed by atoms with van der Waals surface area (Å²) in [5.74, 6) is -1.23. The lowest BCUT2D eigenvalue weighted by atomic mass is 9.92. The predicted octanol–water partition coefficient (Wildman–Crippen LogP) is 3.34. The standard InChI is InChI=1S/C17H24F2N2O/c1-17(2,3)9-16(22)20-10-12-6-7-21(11-12)13-4-5-14(18)15(19)8-13/h4-5,8,12H,6-7,9-11H2,1-3H3,(H,20,22)/t12-/m0/s1. The summed E-state index contributed by atoms with van der Waals surface area (Å²) in [6, 6.07) is 3.98. The minimum absolute atomic E-state index is 0.0164. The Morgan fingerprint density at radius 2 is 2.05 bits per heavy atom. The molecule has 1 N–H and O–H groups in total. The summed E-state index contributed by atoms with van der Waals surface area (Å²) in [5.41, 5.74) is 0.680. The number of benzene rings is 1. The van der Waals surface area contributed by atoms with E-state index in [1.807, 2.05) is 25.7 Å². The molecule has 122 valence electrons. The average molecular weight is 310 g/mol.